The number of nitrogens with zero attached hydrogens (tertiary/aromatic N) is 4. The van der Waals surface area contributed by atoms with E-state index in [1.807, 2.05) is 6.92 Å². The molecule has 31 heteroatoms. The number of anilines is 1. The summed E-state index contributed by atoms with van der Waals surface area (Å²) in [6.45, 7) is 2.06. The molecule has 1 saturated heterocycles. The van der Waals surface area contributed by atoms with Gasteiger partial charge in [-0.3, -0.25) is 32.6 Å². The van der Waals surface area contributed by atoms with Crippen molar-refractivity contribution < 1.29 is 137 Å². The Kier molecular flexibility index (Phi) is 23.7. The van der Waals surface area contributed by atoms with E-state index >= 15 is 0 Å². The number of nitrogens with two attached hydrogens (primary N) is 1. The first-order valence-corrected chi connectivity index (χ1v) is 21.0. The van der Waals surface area contributed by atoms with Gasteiger partial charge in [-0.05, 0) is 6.42 Å². The molecule has 2 aromatic heterocycles. The molecule has 2 aromatic rings. The number of thioether (sulfide) groups is 1. The van der Waals surface area contributed by atoms with E-state index in [9.17, 15) is 57.9 Å². The quantitative estimate of drug-likeness (QED) is 0.0386. The van der Waals surface area contributed by atoms with Gasteiger partial charge in [0.15, 0.2) is 22.8 Å². The molecule has 300 valence electrons. The predicted molar refractivity (Wildman–Crippen MR) is 175 cm³/mol. The second-order valence-corrected chi connectivity index (χ2v) is 17.2. The van der Waals surface area contributed by atoms with Crippen LogP contribution >= 0.6 is 35.2 Å². The summed E-state index contributed by atoms with van der Waals surface area (Å²) < 4.78 is 60.7. The zero-order valence-electron chi connectivity index (χ0n) is 31.4. The Bertz CT molecular complexity index is 1760. The van der Waals surface area contributed by atoms with Gasteiger partial charge in [0.05, 0.1) is 19.5 Å². The normalized spacial score (nSPS) is 21.9. The summed E-state index contributed by atoms with van der Waals surface area (Å²) in [7, 11) is -17.3. The van der Waals surface area contributed by atoms with Crippen LogP contribution in [0.3, 0.4) is 0 Å². The number of hydrogen-bond donors (Lipinski definition) is 6. The van der Waals surface area contributed by atoms with Gasteiger partial charge in [0.1, 0.15) is 36.3 Å². The van der Waals surface area contributed by atoms with Crippen molar-refractivity contribution in [1.29, 1.82) is 0 Å². The molecule has 0 saturated carbocycles. The predicted octanol–water partition coefficient (Wildman–Crippen LogP) is -11.4. The van der Waals surface area contributed by atoms with Crippen molar-refractivity contribution in [2.45, 2.75) is 70.7 Å². The van der Waals surface area contributed by atoms with Crippen LogP contribution in [0, 0.1) is 5.41 Å². The molecule has 3 rings (SSSR count). The van der Waals surface area contributed by atoms with Gasteiger partial charge in [0.2, 0.25) is 11.8 Å². The third-order valence-electron chi connectivity index (χ3n) is 7.20. The topological polar surface area (TPSA) is 372 Å². The van der Waals surface area contributed by atoms with E-state index in [1.165, 1.54) is 13.8 Å². The molecular formula is C25H39Li3N7O17P3S. The third-order valence-corrected chi connectivity index (χ3v) is 11.2. The first-order chi connectivity index (χ1) is 24.6. The summed E-state index contributed by atoms with van der Waals surface area (Å²) in [5.41, 5.74) is 4.11. The molecule has 8 atom stereocenters. The zero-order chi connectivity index (χ0) is 39.8. The van der Waals surface area contributed by atoms with E-state index in [1.54, 1.807) is 0 Å². The molecule has 56 heavy (non-hydrogen) atoms. The molecule has 7 N–H and O–H groups in total. The minimum atomic E-state index is -5.89. The molecule has 3 heterocycles. The molecule has 3 unspecified atom stereocenters. The number of fused-ring (bicyclic) bond motifs is 1. The Morgan fingerprint density at radius 3 is 2.32 bits per heavy atom. The summed E-state index contributed by atoms with van der Waals surface area (Å²) >= 11 is 1.08. The van der Waals surface area contributed by atoms with Crippen LogP contribution in [0.4, 0.5) is 5.82 Å². The molecule has 0 radical (unpaired) electrons. The van der Waals surface area contributed by atoms with Crippen molar-refractivity contribution >= 4 is 69.1 Å². The number of ether oxygens (including phenoxy) is 1. The molecule has 24 nitrogen and oxygen atoms in total. The Labute approximate surface area is 360 Å². The molecular weight excluding hydrogens is 816 g/mol. The Hall–Kier alpha value is -0.648. The monoisotopic (exact) mass is 855 g/mol. The molecule has 0 aromatic carbocycles. The van der Waals surface area contributed by atoms with Crippen LogP contribution in [0.2, 0.25) is 0 Å². The maximum absolute atomic E-state index is 12.5. The maximum Gasteiger partial charge on any atom is 1.00 e. The summed E-state index contributed by atoms with van der Waals surface area (Å²) in [6.07, 6.45) is -6.21. The van der Waals surface area contributed by atoms with Crippen molar-refractivity contribution in [2.75, 3.05) is 37.8 Å². The molecule has 1 fully saturated rings. The SMILES string of the molecule is CCCC(=O)SCCNC(=O)CCNC(=O)[C@H](O)C(C)(C)COP(=O)([O-])OP(=O)([O-])OC[C@H]1O[C@@H](n2cnc3c(N)ncnc32)[C@H](O)[C@@H]1OP(=O)([O-])O.[Li+].[Li+].[Li+]. The van der Waals surface area contributed by atoms with Crippen LogP contribution in [0.1, 0.15) is 46.3 Å². The maximum atomic E-state index is 12.5. The summed E-state index contributed by atoms with van der Waals surface area (Å²) in [5.74, 6) is -1.14. The molecule has 1 aliphatic heterocycles. The number of aromatic nitrogens is 4. The van der Waals surface area contributed by atoms with Gasteiger partial charge in [-0.2, -0.15) is 0 Å². The van der Waals surface area contributed by atoms with Crippen LogP contribution in [-0.2, 0) is 50.7 Å². The number of aliphatic hydroxyl groups is 2. The van der Waals surface area contributed by atoms with E-state index in [0.717, 1.165) is 29.0 Å². The first kappa shape index (κ1) is 55.4. The number of phosphoric ester groups is 3. The minimum absolute atomic E-state index is 0. The fourth-order valence-corrected chi connectivity index (χ4v) is 8.08. The van der Waals surface area contributed by atoms with Gasteiger partial charge in [0.25, 0.3) is 23.5 Å². The van der Waals surface area contributed by atoms with E-state index in [4.69, 9.17) is 10.5 Å². The van der Waals surface area contributed by atoms with Crippen LogP contribution in [0.15, 0.2) is 12.7 Å². The number of carbonyl (C=O) groups excluding carboxylic acids is 3. The number of amides is 2. The van der Waals surface area contributed by atoms with Crippen molar-refractivity contribution in [3.63, 3.8) is 0 Å². The van der Waals surface area contributed by atoms with E-state index < -0.39 is 84.6 Å². The van der Waals surface area contributed by atoms with Gasteiger partial charge in [-0.25, -0.2) is 19.3 Å². The number of phosphoric acid groups is 3. The smallest absolute Gasteiger partial charge is 0.756 e. The van der Waals surface area contributed by atoms with Crippen LogP contribution in [0.25, 0.3) is 11.2 Å². The average molecular weight is 855 g/mol. The van der Waals surface area contributed by atoms with E-state index in [-0.39, 0.29) is 98.2 Å². The Morgan fingerprint density at radius 2 is 1.70 bits per heavy atom. The van der Waals surface area contributed by atoms with Gasteiger partial charge < -0.3 is 64.5 Å². The van der Waals surface area contributed by atoms with Gasteiger partial charge in [-0.15, -0.1) is 0 Å². The number of rotatable bonds is 21. The fourth-order valence-electron chi connectivity index (χ4n) is 4.55. The molecule has 0 bridgehead atoms. The number of imidazole rings is 1. The molecule has 2 amide bonds. The Balaban J connectivity index is 0.0000101. The van der Waals surface area contributed by atoms with Gasteiger partial charge in [0, 0.05) is 37.1 Å². The number of aliphatic hydroxyl groups excluding tert-OH is 2. The van der Waals surface area contributed by atoms with Crippen molar-refractivity contribution in [3.8, 4) is 0 Å². The van der Waals surface area contributed by atoms with E-state index in [2.05, 4.69) is 43.5 Å². The van der Waals surface area contributed by atoms with Crippen molar-refractivity contribution in [1.82, 2.24) is 30.2 Å². The summed E-state index contributed by atoms with van der Waals surface area (Å²) in [4.78, 5) is 93.2. The minimum Gasteiger partial charge on any atom is -0.756 e. The van der Waals surface area contributed by atoms with Crippen molar-refractivity contribution in [2.24, 2.45) is 5.41 Å². The van der Waals surface area contributed by atoms with Gasteiger partial charge >= 0.3 is 56.6 Å². The second-order valence-electron chi connectivity index (χ2n) is 12.0. The third kappa shape index (κ3) is 17.1. The second kappa shape index (κ2) is 24.0. The van der Waals surface area contributed by atoms with Gasteiger partial charge in [-0.1, -0.05) is 32.5 Å². The molecule has 0 spiro atoms. The first-order valence-electron chi connectivity index (χ1n) is 15.5. The summed E-state index contributed by atoms with van der Waals surface area (Å²) in [5, 5.41) is 26.1. The number of nitrogens with one attached hydrogen (secondary N) is 2. The van der Waals surface area contributed by atoms with E-state index in [0.29, 0.717) is 18.6 Å². The number of carbonyl (C=O) groups is 3. The van der Waals surface area contributed by atoms with Crippen LogP contribution < -0.4 is 87.6 Å². The van der Waals surface area contributed by atoms with Crippen LogP contribution in [0.5, 0.6) is 0 Å². The van der Waals surface area contributed by atoms with Crippen LogP contribution in [-0.4, -0.2) is 108 Å². The standard InChI is InChI=1S/C25H42N7O17P3S.3Li/c1-4-5-16(34)53-9-8-27-15(33)6-7-28-23(37)20(36)25(2,3)11-46-52(43,44)49-51(41,42)45-10-14-19(48-50(38,39)40)18(35)24(47-14)32-13-31-17-21(26)29-12-30-22(17)32;;;/h12-14,18-20,24,35-36H,4-11H2,1-3H3,(H,27,33)(H,28,37)(H,41,42)(H,43,44)(H2,26,29,30)(H2,38,39,40);;;/q;3*+1/p-3/t14-,18-,19-,20+,24-;;;/m1.../s1. The Morgan fingerprint density at radius 1 is 1.05 bits per heavy atom. The number of nitrogen functional groups attached to an aromatic ring is 1. The number of hydrogen-bond acceptors (Lipinski definition) is 21. The largest absolute Gasteiger partial charge is 1.00 e. The zero-order valence-corrected chi connectivity index (χ0v) is 34.9. The molecule has 0 aliphatic carbocycles. The van der Waals surface area contributed by atoms with Crippen molar-refractivity contribution in [3.05, 3.63) is 12.7 Å². The average Bonchev–Trinajstić information content (AvgIpc) is 3.61. The molecule has 1 aliphatic rings. The summed E-state index contributed by atoms with van der Waals surface area (Å²) in [6, 6.07) is 0. The fraction of sp³-hybridized carbons (Fsp3) is 0.680.